The van der Waals surface area contributed by atoms with Crippen LogP contribution in [0.1, 0.15) is 49.3 Å². The quantitative estimate of drug-likeness (QED) is 0.773. The van der Waals surface area contributed by atoms with Crippen molar-refractivity contribution in [1.29, 1.82) is 0 Å². The molecule has 0 N–H and O–H groups in total. The Morgan fingerprint density at radius 1 is 1.25 bits per heavy atom. The molecule has 0 aliphatic carbocycles. The van der Waals surface area contributed by atoms with Crippen LogP contribution in [0.5, 0.6) is 0 Å². The lowest BCUT2D eigenvalue weighted by Gasteiger charge is -2.23. The molecule has 1 aliphatic heterocycles. The zero-order valence-electron chi connectivity index (χ0n) is 11.9. The highest BCUT2D eigenvalue weighted by Gasteiger charge is 2.24. The van der Waals surface area contributed by atoms with E-state index in [1.54, 1.807) is 6.92 Å². The molecule has 110 valence electrons. The van der Waals surface area contributed by atoms with Crippen LogP contribution in [-0.4, -0.2) is 51.7 Å². The molecule has 0 radical (unpaired) electrons. The van der Waals surface area contributed by atoms with Gasteiger partial charge in [0.2, 0.25) is 5.91 Å². The molecule has 1 aromatic heterocycles. The first-order chi connectivity index (χ1) is 9.63. The van der Waals surface area contributed by atoms with Crippen LogP contribution >= 0.6 is 0 Å². The minimum absolute atomic E-state index is 0.0215. The van der Waals surface area contributed by atoms with Crippen molar-refractivity contribution < 1.29 is 14.3 Å². The summed E-state index contributed by atoms with van der Waals surface area (Å²) in [4.78, 5) is 29.5. The third kappa shape index (κ3) is 3.15. The number of nitrogens with zero attached hydrogens (tertiary/aromatic N) is 4. The van der Waals surface area contributed by atoms with Crippen LogP contribution in [0.25, 0.3) is 0 Å². The molecule has 7 nitrogen and oxygen atoms in total. The third-order valence-electron chi connectivity index (χ3n) is 3.55. The van der Waals surface area contributed by atoms with E-state index in [0.717, 1.165) is 25.9 Å². The van der Waals surface area contributed by atoms with E-state index in [2.05, 4.69) is 14.8 Å². The van der Waals surface area contributed by atoms with Gasteiger partial charge in [-0.05, 0) is 19.8 Å². The highest BCUT2D eigenvalue weighted by molar-refractivity contribution is 5.85. The maximum absolute atomic E-state index is 12.4. The predicted octanol–water partition coefficient (Wildman–Crippen LogP) is 1.03. The van der Waals surface area contributed by atoms with Crippen molar-refractivity contribution in [2.75, 3.05) is 20.2 Å². The summed E-state index contributed by atoms with van der Waals surface area (Å²) in [6.45, 7) is 3.35. The van der Waals surface area contributed by atoms with E-state index in [1.807, 2.05) is 4.90 Å². The van der Waals surface area contributed by atoms with Crippen molar-refractivity contribution in [3.05, 3.63) is 12.2 Å². The molecule has 0 bridgehead atoms. The van der Waals surface area contributed by atoms with Gasteiger partial charge in [0.05, 0.1) is 7.11 Å². The van der Waals surface area contributed by atoms with Crippen LogP contribution in [0, 0.1) is 0 Å². The first kappa shape index (κ1) is 14.5. The van der Waals surface area contributed by atoms with Gasteiger partial charge in [-0.2, -0.15) is 0 Å². The van der Waals surface area contributed by atoms with Crippen LogP contribution in [0.3, 0.4) is 0 Å². The van der Waals surface area contributed by atoms with Gasteiger partial charge < -0.3 is 9.64 Å². The minimum atomic E-state index is -0.599. The van der Waals surface area contributed by atoms with Gasteiger partial charge >= 0.3 is 5.97 Å². The highest BCUT2D eigenvalue weighted by atomic mass is 16.5. The number of ether oxygens (including phenoxy) is 1. The second-order valence-electron chi connectivity index (χ2n) is 4.96. The Morgan fingerprint density at radius 2 is 1.90 bits per heavy atom. The van der Waals surface area contributed by atoms with Gasteiger partial charge in [0, 0.05) is 13.1 Å². The Morgan fingerprint density at radius 3 is 2.50 bits per heavy atom. The molecule has 1 atom stereocenters. The predicted molar refractivity (Wildman–Crippen MR) is 71.1 cm³/mol. The smallest absolute Gasteiger partial charge is 0.377 e. The number of carbonyl (C=O) groups is 2. The van der Waals surface area contributed by atoms with Crippen LogP contribution < -0.4 is 0 Å². The number of aromatic nitrogens is 3. The molecule has 1 saturated heterocycles. The normalized spacial score (nSPS) is 17.4. The largest absolute Gasteiger partial charge is 0.463 e. The van der Waals surface area contributed by atoms with E-state index in [-0.39, 0.29) is 11.7 Å². The zero-order valence-corrected chi connectivity index (χ0v) is 11.9. The summed E-state index contributed by atoms with van der Waals surface area (Å²) in [7, 11) is 1.27. The Kier molecular flexibility index (Phi) is 4.70. The maximum atomic E-state index is 12.4. The molecule has 1 unspecified atom stereocenters. The fraction of sp³-hybridized carbons (Fsp3) is 0.692. The van der Waals surface area contributed by atoms with Crippen LogP contribution in [0.4, 0.5) is 0 Å². The van der Waals surface area contributed by atoms with Gasteiger partial charge in [0.1, 0.15) is 12.4 Å². The number of esters is 1. The Labute approximate surface area is 117 Å². The molecule has 0 saturated carbocycles. The Hall–Kier alpha value is -1.92. The maximum Gasteiger partial charge on any atom is 0.377 e. The molecule has 1 aliphatic rings. The van der Waals surface area contributed by atoms with Gasteiger partial charge in [0.15, 0.2) is 0 Å². The molecule has 1 fully saturated rings. The summed E-state index contributed by atoms with van der Waals surface area (Å²) in [6, 6.07) is -0.459. The monoisotopic (exact) mass is 280 g/mol. The molecular weight excluding hydrogens is 260 g/mol. The molecule has 7 heteroatoms. The summed E-state index contributed by atoms with van der Waals surface area (Å²) in [6.07, 6.45) is 5.83. The third-order valence-corrected chi connectivity index (χ3v) is 3.55. The van der Waals surface area contributed by atoms with Crippen LogP contribution in [0.15, 0.2) is 6.33 Å². The molecule has 2 rings (SSSR count). The van der Waals surface area contributed by atoms with E-state index in [1.165, 1.54) is 31.0 Å². The SMILES string of the molecule is COC(=O)c1ncn(C(C)C(=O)N2CCCCCC2)n1. The number of amides is 1. The van der Waals surface area contributed by atoms with Crippen molar-refractivity contribution >= 4 is 11.9 Å². The average Bonchev–Trinajstić information content (AvgIpc) is 2.80. The first-order valence-corrected chi connectivity index (χ1v) is 6.91. The molecule has 2 heterocycles. The van der Waals surface area contributed by atoms with Crippen LogP contribution in [0.2, 0.25) is 0 Å². The molecule has 1 amide bonds. The molecular formula is C13H20N4O3. The lowest BCUT2D eigenvalue weighted by atomic mass is 10.2. The Balaban J connectivity index is 2.05. The van der Waals surface area contributed by atoms with E-state index in [4.69, 9.17) is 0 Å². The Bertz CT molecular complexity index is 478. The number of hydrogen-bond donors (Lipinski definition) is 0. The van der Waals surface area contributed by atoms with Crippen molar-refractivity contribution in [2.45, 2.75) is 38.6 Å². The second-order valence-corrected chi connectivity index (χ2v) is 4.96. The van der Waals surface area contributed by atoms with E-state index in [9.17, 15) is 9.59 Å². The average molecular weight is 280 g/mol. The number of carbonyl (C=O) groups excluding carboxylic acids is 2. The van der Waals surface area contributed by atoms with Crippen molar-refractivity contribution in [3.63, 3.8) is 0 Å². The van der Waals surface area contributed by atoms with Gasteiger partial charge in [0.25, 0.3) is 5.82 Å². The van der Waals surface area contributed by atoms with Crippen molar-refractivity contribution in [1.82, 2.24) is 19.7 Å². The number of rotatable bonds is 3. The summed E-state index contributed by atoms with van der Waals surface area (Å²) >= 11 is 0. The zero-order chi connectivity index (χ0) is 14.5. The first-order valence-electron chi connectivity index (χ1n) is 6.91. The number of methoxy groups -OCH3 is 1. The molecule has 20 heavy (non-hydrogen) atoms. The molecule has 0 spiro atoms. The van der Waals surface area contributed by atoms with Crippen molar-refractivity contribution in [2.24, 2.45) is 0 Å². The van der Waals surface area contributed by atoms with Crippen molar-refractivity contribution in [3.8, 4) is 0 Å². The minimum Gasteiger partial charge on any atom is -0.463 e. The lowest BCUT2D eigenvalue weighted by Crippen LogP contribution is -2.37. The summed E-state index contributed by atoms with van der Waals surface area (Å²) in [5.41, 5.74) is 0. The standard InChI is InChI=1S/C13H20N4O3/c1-10(12(18)16-7-5-3-4-6-8-16)17-9-14-11(15-17)13(19)20-2/h9-10H,3-8H2,1-2H3. The van der Waals surface area contributed by atoms with Crippen LogP contribution in [-0.2, 0) is 9.53 Å². The van der Waals surface area contributed by atoms with E-state index < -0.39 is 12.0 Å². The summed E-state index contributed by atoms with van der Waals surface area (Å²) < 4.78 is 5.97. The second kappa shape index (κ2) is 6.49. The number of likely N-dealkylation sites (tertiary alicyclic amines) is 1. The van der Waals surface area contributed by atoms with E-state index in [0.29, 0.717) is 0 Å². The van der Waals surface area contributed by atoms with Gasteiger partial charge in [-0.3, -0.25) is 4.79 Å². The lowest BCUT2D eigenvalue weighted by molar-refractivity contribution is -0.134. The molecule has 0 aromatic carbocycles. The van der Waals surface area contributed by atoms with E-state index >= 15 is 0 Å². The summed E-state index contributed by atoms with van der Waals surface area (Å²) in [5.74, 6) is -0.602. The summed E-state index contributed by atoms with van der Waals surface area (Å²) in [5, 5.41) is 4.00. The fourth-order valence-corrected chi connectivity index (χ4v) is 2.31. The fourth-order valence-electron chi connectivity index (χ4n) is 2.31. The highest BCUT2D eigenvalue weighted by Crippen LogP contribution is 2.15. The topological polar surface area (TPSA) is 77.3 Å². The number of hydrogen-bond acceptors (Lipinski definition) is 5. The van der Waals surface area contributed by atoms with Gasteiger partial charge in [-0.15, -0.1) is 5.10 Å². The van der Waals surface area contributed by atoms with Gasteiger partial charge in [-0.25, -0.2) is 14.5 Å². The molecule has 1 aromatic rings. The van der Waals surface area contributed by atoms with Gasteiger partial charge in [-0.1, -0.05) is 12.8 Å².